The van der Waals surface area contributed by atoms with E-state index in [4.69, 9.17) is 40.7 Å². The number of amides is 1. The van der Waals surface area contributed by atoms with Crippen LogP contribution >= 0.6 is 0 Å². The zero-order valence-corrected chi connectivity index (χ0v) is 25.6. The van der Waals surface area contributed by atoms with Crippen LogP contribution in [0.5, 0.6) is 11.5 Å². The topological polar surface area (TPSA) is 224 Å². The van der Waals surface area contributed by atoms with Gasteiger partial charge in [0.1, 0.15) is 19.0 Å². The number of hydrogen-bond donors (Lipinski definition) is 6. The molecule has 14 nitrogen and oxygen atoms in total. The Morgan fingerprint density at radius 1 is 0.878 bits per heavy atom. The summed E-state index contributed by atoms with van der Waals surface area (Å²) in [7, 11) is 0. The summed E-state index contributed by atoms with van der Waals surface area (Å²) in [6, 6.07) is 11.1. The number of carboxylic acids is 2. The zero-order valence-electron chi connectivity index (χ0n) is 25.6. The standard InChI is InChI=1S/C25H29N7O3.2C2HF3O2/c1-14-6-8-17-16(12-14)22(30-18-4-2-3-5-19(18)31-25(26)27)32-23(29-17)24(33)28-15-7-9-20-21(13-15)35-11-10-34-20;2*3-2(4,5)1(6)7/h6-9,12-13,18-19H,2-5,10-11H2,1H3,(H,28,33)(H4,26,27,31)(H,29,30,32);2*(H,6,7). The molecule has 49 heavy (non-hydrogen) atoms. The molecule has 8 N–H and O–H groups in total. The number of aryl methyl sites for hydroxylation is 1. The number of aliphatic carboxylic acids is 2. The lowest BCUT2D eigenvalue weighted by Gasteiger charge is -2.30. The maximum atomic E-state index is 13.2. The second-order valence-electron chi connectivity index (χ2n) is 10.5. The molecule has 5 rings (SSSR count). The first-order valence-electron chi connectivity index (χ1n) is 14.3. The van der Waals surface area contributed by atoms with Gasteiger partial charge in [0.25, 0.3) is 5.91 Å². The van der Waals surface area contributed by atoms with Crippen molar-refractivity contribution in [3.63, 3.8) is 0 Å². The molecule has 1 aliphatic heterocycles. The van der Waals surface area contributed by atoms with Gasteiger partial charge in [0, 0.05) is 17.1 Å². The molecule has 1 aromatic heterocycles. The van der Waals surface area contributed by atoms with Gasteiger partial charge in [0.2, 0.25) is 5.82 Å². The molecule has 1 saturated carbocycles. The monoisotopic (exact) mass is 703 g/mol. The smallest absolute Gasteiger partial charge is 0.486 e. The van der Waals surface area contributed by atoms with Gasteiger partial charge in [-0.05, 0) is 44.0 Å². The first-order chi connectivity index (χ1) is 22.8. The van der Waals surface area contributed by atoms with Crippen LogP contribution in [0.2, 0.25) is 0 Å². The number of carboxylic acid groups (broad SMARTS) is 2. The first-order valence-corrected chi connectivity index (χ1v) is 14.3. The van der Waals surface area contributed by atoms with Gasteiger partial charge < -0.3 is 41.8 Å². The number of ether oxygens (including phenoxy) is 2. The Bertz CT molecular complexity index is 1670. The molecule has 2 atom stereocenters. The highest BCUT2D eigenvalue weighted by molar-refractivity contribution is 6.04. The number of guanidine groups is 1. The molecule has 3 aromatic rings. The lowest BCUT2D eigenvalue weighted by atomic mass is 9.90. The van der Waals surface area contributed by atoms with Gasteiger partial charge in [0.15, 0.2) is 17.5 Å². The van der Waals surface area contributed by atoms with E-state index in [1.54, 1.807) is 18.2 Å². The maximum absolute atomic E-state index is 13.2. The molecule has 266 valence electrons. The third kappa shape index (κ3) is 11.3. The number of nitrogens with one attached hydrogen (secondary N) is 2. The minimum Gasteiger partial charge on any atom is -0.486 e. The molecule has 0 bridgehead atoms. The minimum absolute atomic E-state index is 0.00170. The Morgan fingerprint density at radius 3 is 2.06 bits per heavy atom. The number of aromatic nitrogens is 2. The van der Waals surface area contributed by atoms with Crippen molar-refractivity contribution in [2.75, 3.05) is 23.8 Å². The summed E-state index contributed by atoms with van der Waals surface area (Å²) in [6.45, 7) is 2.98. The highest BCUT2D eigenvalue weighted by Gasteiger charge is 2.39. The van der Waals surface area contributed by atoms with Gasteiger partial charge in [-0.15, -0.1) is 0 Å². The number of nitrogens with zero attached hydrogens (tertiary/aromatic N) is 3. The highest BCUT2D eigenvalue weighted by atomic mass is 19.4. The van der Waals surface area contributed by atoms with Crippen LogP contribution in [-0.4, -0.2) is 81.6 Å². The third-order valence-corrected chi connectivity index (χ3v) is 6.71. The number of alkyl halides is 6. The molecule has 2 unspecified atom stereocenters. The van der Waals surface area contributed by atoms with Gasteiger partial charge in [-0.25, -0.2) is 24.5 Å². The summed E-state index contributed by atoms with van der Waals surface area (Å²) < 4.78 is 74.6. The van der Waals surface area contributed by atoms with E-state index < -0.39 is 30.2 Å². The predicted molar refractivity (Wildman–Crippen MR) is 163 cm³/mol. The Labute approximate surface area is 273 Å². The van der Waals surface area contributed by atoms with E-state index in [2.05, 4.69) is 25.6 Å². The molecule has 20 heteroatoms. The van der Waals surface area contributed by atoms with Crippen LogP contribution in [0.3, 0.4) is 0 Å². The average Bonchev–Trinajstić information content (AvgIpc) is 3.01. The van der Waals surface area contributed by atoms with Crippen LogP contribution in [-0.2, 0) is 9.59 Å². The van der Waals surface area contributed by atoms with E-state index in [9.17, 15) is 31.1 Å². The van der Waals surface area contributed by atoms with Crippen molar-refractivity contribution < 1.29 is 60.4 Å². The highest BCUT2D eigenvalue weighted by Crippen LogP contribution is 2.33. The number of aliphatic imine (C=N–C) groups is 1. The van der Waals surface area contributed by atoms with Crippen LogP contribution in [0, 0.1) is 6.92 Å². The van der Waals surface area contributed by atoms with Crippen LogP contribution in [0.1, 0.15) is 41.9 Å². The van der Waals surface area contributed by atoms with Crippen LogP contribution < -0.4 is 31.6 Å². The lowest BCUT2D eigenvalue weighted by Crippen LogP contribution is -2.38. The molecular formula is C29H31F6N7O7. The van der Waals surface area contributed by atoms with Crippen molar-refractivity contribution in [2.24, 2.45) is 16.5 Å². The van der Waals surface area contributed by atoms with Gasteiger partial charge in [0.05, 0.1) is 17.6 Å². The molecule has 1 amide bonds. The number of carbonyl (C=O) groups excluding carboxylic acids is 1. The number of halogens is 6. The SMILES string of the molecule is Cc1ccc2nc(C(=O)Nc3ccc4c(c3)OCCO4)nc(NC3CCCCC3N=C(N)N)c2c1.O=C(O)C(F)(F)F.O=C(O)C(F)(F)F. The Balaban J connectivity index is 0.000000392. The summed E-state index contributed by atoms with van der Waals surface area (Å²) in [5.74, 6) is -3.96. The molecule has 2 heterocycles. The van der Waals surface area contributed by atoms with E-state index in [1.165, 1.54) is 0 Å². The first kappa shape index (κ1) is 37.9. The lowest BCUT2D eigenvalue weighted by molar-refractivity contribution is -0.193. The number of hydrogen-bond acceptors (Lipinski definition) is 9. The summed E-state index contributed by atoms with van der Waals surface area (Å²) in [4.78, 5) is 44.5. The summed E-state index contributed by atoms with van der Waals surface area (Å²) >= 11 is 0. The van der Waals surface area contributed by atoms with Crippen molar-refractivity contribution in [3.05, 3.63) is 47.8 Å². The number of nitrogens with two attached hydrogens (primary N) is 2. The molecule has 2 aromatic carbocycles. The molecule has 2 aliphatic rings. The predicted octanol–water partition coefficient (Wildman–Crippen LogP) is 4.22. The zero-order chi connectivity index (χ0) is 36.5. The normalized spacial score (nSPS) is 16.9. The Hall–Kier alpha value is -5.56. The van der Waals surface area contributed by atoms with Crippen molar-refractivity contribution in [2.45, 2.75) is 57.0 Å². The summed E-state index contributed by atoms with van der Waals surface area (Å²) in [6.07, 6.45) is -6.26. The minimum atomic E-state index is -5.08. The summed E-state index contributed by atoms with van der Waals surface area (Å²) in [5, 5.41) is 21.5. The van der Waals surface area contributed by atoms with Gasteiger partial charge in [-0.1, -0.05) is 24.5 Å². The van der Waals surface area contributed by atoms with Crippen LogP contribution in [0.25, 0.3) is 10.9 Å². The van der Waals surface area contributed by atoms with E-state index >= 15 is 0 Å². The van der Waals surface area contributed by atoms with Crippen molar-refractivity contribution >= 4 is 46.2 Å². The maximum Gasteiger partial charge on any atom is 0.490 e. The van der Waals surface area contributed by atoms with Crippen molar-refractivity contribution in [1.82, 2.24) is 9.97 Å². The van der Waals surface area contributed by atoms with Crippen molar-refractivity contribution in [1.29, 1.82) is 0 Å². The number of carbonyl (C=O) groups is 3. The quantitative estimate of drug-likeness (QED) is 0.125. The largest absolute Gasteiger partial charge is 0.490 e. The fraction of sp³-hybridized carbons (Fsp3) is 0.379. The average molecular weight is 704 g/mol. The van der Waals surface area contributed by atoms with Crippen LogP contribution in [0.15, 0.2) is 41.4 Å². The fourth-order valence-electron chi connectivity index (χ4n) is 4.56. The number of anilines is 2. The number of benzene rings is 2. The van der Waals surface area contributed by atoms with E-state index in [-0.39, 0.29) is 23.9 Å². The summed E-state index contributed by atoms with van der Waals surface area (Å²) in [5.41, 5.74) is 13.7. The second kappa shape index (κ2) is 16.0. The molecule has 1 fully saturated rings. The Morgan fingerprint density at radius 2 is 1.47 bits per heavy atom. The van der Waals surface area contributed by atoms with Crippen LogP contribution in [0.4, 0.5) is 37.8 Å². The van der Waals surface area contributed by atoms with Gasteiger partial charge in [-0.3, -0.25) is 4.79 Å². The van der Waals surface area contributed by atoms with Gasteiger partial charge >= 0.3 is 24.3 Å². The van der Waals surface area contributed by atoms with Gasteiger partial charge in [-0.2, -0.15) is 26.3 Å². The fourth-order valence-corrected chi connectivity index (χ4v) is 4.56. The Kier molecular flexibility index (Phi) is 12.4. The third-order valence-electron chi connectivity index (χ3n) is 6.71. The molecule has 0 spiro atoms. The number of fused-ring (bicyclic) bond motifs is 2. The van der Waals surface area contributed by atoms with E-state index in [0.717, 1.165) is 36.6 Å². The molecular weight excluding hydrogens is 672 g/mol. The van der Waals surface area contributed by atoms with E-state index in [1.807, 2.05) is 25.1 Å². The molecule has 0 radical (unpaired) electrons. The number of rotatable bonds is 5. The van der Waals surface area contributed by atoms with Crippen molar-refractivity contribution in [3.8, 4) is 11.5 Å². The second-order valence-corrected chi connectivity index (χ2v) is 10.5. The van der Waals surface area contributed by atoms with E-state index in [0.29, 0.717) is 41.7 Å². The molecule has 1 aliphatic carbocycles. The molecule has 0 saturated heterocycles.